The first kappa shape index (κ1) is 21.1. The van der Waals surface area contributed by atoms with Crippen LogP contribution >= 0.6 is 0 Å². The molecular formula is C21H24F3N3O2. The zero-order valence-electron chi connectivity index (χ0n) is 16.2. The van der Waals surface area contributed by atoms with Gasteiger partial charge in [0.05, 0.1) is 23.5 Å². The van der Waals surface area contributed by atoms with E-state index in [-0.39, 0.29) is 12.3 Å². The number of hydrogen-bond donors (Lipinski definition) is 2. The van der Waals surface area contributed by atoms with Gasteiger partial charge in [-0.15, -0.1) is 0 Å². The molecule has 156 valence electrons. The lowest BCUT2D eigenvalue weighted by atomic mass is 10.1. The Bertz CT molecular complexity index is 862. The molecule has 3 rings (SSSR count). The molecule has 1 fully saturated rings. The van der Waals surface area contributed by atoms with Crippen LogP contribution in [0.4, 0.5) is 24.5 Å². The van der Waals surface area contributed by atoms with Gasteiger partial charge in [-0.2, -0.15) is 13.2 Å². The Morgan fingerprint density at radius 1 is 1.10 bits per heavy atom. The van der Waals surface area contributed by atoms with E-state index in [0.29, 0.717) is 44.0 Å². The Balaban J connectivity index is 1.87. The van der Waals surface area contributed by atoms with Crippen molar-refractivity contribution in [2.24, 2.45) is 0 Å². The summed E-state index contributed by atoms with van der Waals surface area (Å²) in [7, 11) is 0. The summed E-state index contributed by atoms with van der Waals surface area (Å²) < 4.78 is 39.7. The largest absolute Gasteiger partial charge is 0.416 e. The third-order valence-corrected chi connectivity index (χ3v) is 4.98. The quantitative estimate of drug-likeness (QED) is 0.798. The number of halogens is 3. The van der Waals surface area contributed by atoms with Crippen molar-refractivity contribution in [3.8, 4) is 0 Å². The van der Waals surface area contributed by atoms with E-state index in [1.54, 1.807) is 18.2 Å². The van der Waals surface area contributed by atoms with Gasteiger partial charge in [-0.05, 0) is 37.3 Å². The second kappa shape index (κ2) is 8.84. The predicted molar refractivity (Wildman–Crippen MR) is 106 cm³/mol. The van der Waals surface area contributed by atoms with Gasteiger partial charge >= 0.3 is 6.18 Å². The first-order valence-electron chi connectivity index (χ1n) is 9.45. The lowest BCUT2D eigenvalue weighted by Crippen LogP contribution is -2.47. The summed E-state index contributed by atoms with van der Waals surface area (Å²) in [5.41, 5.74) is 1.17. The van der Waals surface area contributed by atoms with E-state index < -0.39 is 17.6 Å². The number of β-amino-alcohol motifs (C(OH)–C–C–N with tert-alkyl or cyclic N) is 1. The van der Waals surface area contributed by atoms with Crippen molar-refractivity contribution >= 4 is 17.3 Å². The zero-order chi connectivity index (χ0) is 21.0. The molecule has 2 aromatic rings. The van der Waals surface area contributed by atoms with Crippen LogP contribution in [0.2, 0.25) is 0 Å². The molecule has 0 radical (unpaired) electrons. The minimum Gasteiger partial charge on any atom is -0.395 e. The Morgan fingerprint density at radius 3 is 2.45 bits per heavy atom. The van der Waals surface area contributed by atoms with Crippen LogP contribution in [0.5, 0.6) is 0 Å². The molecule has 2 N–H and O–H groups in total. The molecule has 1 aliphatic heterocycles. The van der Waals surface area contributed by atoms with Gasteiger partial charge in [-0.25, -0.2) is 0 Å². The fourth-order valence-corrected chi connectivity index (χ4v) is 3.42. The number of anilines is 2. The van der Waals surface area contributed by atoms with Gasteiger partial charge < -0.3 is 15.3 Å². The normalized spacial score (nSPS) is 15.4. The molecule has 0 atom stereocenters. The molecular weight excluding hydrogens is 383 g/mol. The number of amides is 1. The third-order valence-electron chi connectivity index (χ3n) is 4.98. The van der Waals surface area contributed by atoms with Crippen molar-refractivity contribution in [3.63, 3.8) is 0 Å². The molecule has 0 unspecified atom stereocenters. The van der Waals surface area contributed by atoms with Crippen molar-refractivity contribution in [3.05, 3.63) is 59.2 Å². The van der Waals surface area contributed by atoms with E-state index in [1.165, 1.54) is 6.07 Å². The second-order valence-electron chi connectivity index (χ2n) is 7.11. The smallest absolute Gasteiger partial charge is 0.395 e. The van der Waals surface area contributed by atoms with Crippen LogP contribution in [-0.4, -0.2) is 55.2 Å². The average molecular weight is 407 g/mol. The van der Waals surface area contributed by atoms with Crippen LogP contribution in [0, 0.1) is 6.92 Å². The molecule has 1 heterocycles. The number of aliphatic hydroxyl groups is 1. The van der Waals surface area contributed by atoms with Gasteiger partial charge in [0.2, 0.25) is 0 Å². The molecule has 5 nitrogen and oxygen atoms in total. The number of aryl methyl sites for hydroxylation is 1. The van der Waals surface area contributed by atoms with Crippen LogP contribution in [0.3, 0.4) is 0 Å². The standard InChI is InChI=1S/C21H24F3N3O2/c1-15-3-2-4-16(13-15)20(29)25-18-14-17(21(22,23)24)5-6-19(18)27-9-7-26(8-10-27)11-12-28/h2-6,13-14,28H,7-12H2,1H3,(H,25,29). The van der Waals surface area contributed by atoms with E-state index >= 15 is 0 Å². The summed E-state index contributed by atoms with van der Waals surface area (Å²) in [5, 5.41) is 11.7. The SMILES string of the molecule is Cc1cccc(C(=O)Nc2cc(C(F)(F)F)ccc2N2CCN(CCO)CC2)c1. The number of nitrogens with one attached hydrogen (secondary N) is 1. The molecule has 1 amide bonds. The second-order valence-corrected chi connectivity index (χ2v) is 7.11. The third kappa shape index (κ3) is 5.27. The maximum absolute atomic E-state index is 13.2. The summed E-state index contributed by atoms with van der Waals surface area (Å²) in [4.78, 5) is 16.7. The van der Waals surface area contributed by atoms with E-state index in [2.05, 4.69) is 10.2 Å². The van der Waals surface area contributed by atoms with Crippen molar-refractivity contribution in [1.29, 1.82) is 0 Å². The fourth-order valence-electron chi connectivity index (χ4n) is 3.42. The highest BCUT2D eigenvalue weighted by Gasteiger charge is 2.32. The lowest BCUT2D eigenvalue weighted by Gasteiger charge is -2.36. The summed E-state index contributed by atoms with van der Waals surface area (Å²) in [6.07, 6.45) is -4.50. The number of carbonyl (C=O) groups excluding carboxylic acids is 1. The van der Waals surface area contributed by atoms with E-state index in [1.807, 2.05) is 17.9 Å². The lowest BCUT2D eigenvalue weighted by molar-refractivity contribution is -0.137. The summed E-state index contributed by atoms with van der Waals surface area (Å²) >= 11 is 0. The number of nitrogens with zero attached hydrogens (tertiary/aromatic N) is 2. The highest BCUT2D eigenvalue weighted by atomic mass is 19.4. The molecule has 0 spiro atoms. The van der Waals surface area contributed by atoms with Crippen LogP contribution in [0.15, 0.2) is 42.5 Å². The summed E-state index contributed by atoms with van der Waals surface area (Å²) in [6.45, 7) is 5.05. The molecule has 2 aromatic carbocycles. The van der Waals surface area contributed by atoms with E-state index in [4.69, 9.17) is 5.11 Å². The highest BCUT2D eigenvalue weighted by Crippen LogP contribution is 2.36. The maximum atomic E-state index is 13.2. The van der Waals surface area contributed by atoms with Gasteiger partial charge in [-0.1, -0.05) is 17.7 Å². The number of aliphatic hydroxyl groups excluding tert-OH is 1. The molecule has 0 bridgehead atoms. The van der Waals surface area contributed by atoms with Crippen molar-refractivity contribution < 1.29 is 23.1 Å². The molecule has 1 saturated heterocycles. The van der Waals surface area contributed by atoms with Gasteiger partial charge in [0.25, 0.3) is 5.91 Å². The Labute approximate surface area is 167 Å². The Morgan fingerprint density at radius 2 is 1.83 bits per heavy atom. The monoisotopic (exact) mass is 407 g/mol. The number of rotatable bonds is 5. The Hall–Kier alpha value is -2.58. The average Bonchev–Trinajstić information content (AvgIpc) is 2.68. The topological polar surface area (TPSA) is 55.8 Å². The molecule has 0 aliphatic carbocycles. The minimum absolute atomic E-state index is 0.0675. The zero-order valence-corrected chi connectivity index (χ0v) is 16.2. The fraction of sp³-hybridized carbons (Fsp3) is 0.381. The van der Waals surface area contributed by atoms with Crippen molar-refractivity contribution in [2.45, 2.75) is 13.1 Å². The van der Waals surface area contributed by atoms with Gasteiger partial charge in [-0.3, -0.25) is 9.69 Å². The van der Waals surface area contributed by atoms with Gasteiger partial charge in [0.15, 0.2) is 0 Å². The summed E-state index contributed by atoms with van der Waals surface area (Å²) in [6, 6.07) is 10.3. The molecule has 0 aromatic heterocycles. The van der Waals surface area contributed by atoms with Crippen LogP contribution in [0.25, 0.3) is 0 Å². The van der Waals surface area contributed by atoms with Crippen LogP contribution in [-0.2, 0) is 6.18 Å². The Kier molecular flexibility index (Phi) is 6.44. The van der Waals surface area contributed by atoms with Crippen molar-refractivity contribution in [2.75, 3.05) is 49.5 Å². The van der Waals surface area contributed by atoms with Gasteiger partial charge in [0.1, 0.15) is 0 Å². The van der Waals surface area contributed by atoms with Crippen molar-refractivity contribution in [1.82, 2.24) is 4.90 Å². The van der Waals surface area contributed by atoms with Crippen LogP contribution < -0.4 is 10.2 Å². The predicted octanol–water partition coefficient (Wildman–Crippen LogP) is 3.38. The maximum Gasteiger partial charge on any atom is 0.416 e. The highest BCUT2D eigenvalue weighted by molar-refractivity contribution is 6.06. The van der Waals surface area contributed by atoms with E-state index in [0.717, 1.165) is 17.7 Å². The number of piperazine rings is 1. The molecule has 0 saturated carbocycles. The number of alkyl halides is 3. The van der Waals surface area contributed by atoms with E-state index in [9.17, 15) is 18.0 Å². The number of carbonyl (C=O) groups is 1. The minimum atomic E-state index is -4.50. The van der Waals surface area contributed by atoms with Crippen LogP contribution in [0.1, 0.15) is 21.5 Å². The van der Waals surface area contributed by atoms with Gasteiger partial charge in [0, 0.05) is 38.3 Å². The molecule has 8 heteroatoms. The summed E-state index contributed by atoms with van der Waals surface area (Å²) in [5.74, 6) is -0.451. The number of benzene rings is 2. The molecule has 29 heavy (non-hydrogen) atoms. The first-order chi connectivity index (χ1) is 13.8. The molecule has 1 aliphatic rings. The number of hydrogen-bond acceptors (Lipinski definition) is 4. The first-order valence-corrected chi connectivity index (χ1v) is 9.45.